The number of hydrogen-bond acceptors (Lipinski definition) is 3. The van der Waals surface area contributed by atoms with Gasteiger partial charge in [-0.25, -0.2) is 12.7 Å². The summed E-state index contributed by atoms with van der Waals surface area (Å²) in [4.78, 5) is 12.4. The maximum atomic E-state index is 12.4. The molecule has 2 fully saturated rings. The Kier molecular flexibility index (Phi) is 6.68. The van der Waals surface area contributed by atoms with Crippen LogP contribution in [0.5, 0.6) is 0 Å². The molecule has 0 bridgehead atoms. The molecule has 1 aliphatic carbocycles. The zero-order valence-corrected chi connectivity index (χ0v) is 14.5. The Labute approximate surface area is 134 Å². The van der Waals surface area contributed by atoms with Crippen molar-refractivity contribution in [2.24, 2.45) is 5.92 Å². The molecule has 5 nitrogen and oxygen atoms in total. The number of rotatable bonds is 5. The summed E-state index contributed by atoms with van der Waals surface area (Å²) in [5.74, 6) is 0.335. The average molecular weight is 330 g/mol. The number of nitrogens with one attached hydrogen (secondary N) is 1. The van der Waals surface area contributed by atoms with Crippen molar-refractivity contribution in [3.05, 3.63) is 0 Å². The maximum Gasteiger partial charge on any atom is 0.223 e. The lowest BCUT2D eigenvalue weighted by atomic mass is 9.96. The lowest BCUT2D eigenvalue weighted by Gasteiger charge is -2.31. The van der Waals surface area contributed by atoms with Gasteiger partial charge in [-0.15, -0.1) is 0 Å². The van der Waals surface area contributed by atoms with Crippen molar-refractivity contribution in [2.45, 2.75) is 70.8 Å². The van der Waals surface area contributed by atoms with Crippen LogP contribution in [-0.4, -0.2) is 43.5 Å². The fourth-order valence-corrected chi connectivity index (χ4v) is 5.07. The number of carbonyl (C=O) groups excluding carboxylic acids is 1. The van der Waals surface area contributed by atoms with Gasteiger partial charge in [0.15, 0.2) is 0 Å². The highest BCUT2D eigenvalue weighted by atomic mass is 32.2. The third-order valence-corrected chi connectivity index (χ3v) is 6.96. The molecule has 1 amide bonds. The van der Waals surface area contributed by atoms with E-state index in [9.17, 15) is 13.2 Å². The van der Waals surface area contributed by atoms with Gasteiger partial charge in [-0.1, -0.05) is 32.6 Å². The normalized spacial score (nSPS) is 23.1. The lowest BCUT2D eigenvalue weighted by Crippen LogP contribution is -2.45. The van der Waals surface area contributed by atoms with Gasteiger partial charge in [-0.05, 0) is 32.1 Å². The molecule has 1 heterocycles. The standard InChI is InChI=1S/C16H30N2O3S/c1-2-13-22(20,21)18-11-9-14(10-12-18)16(19)17-15-7-5-3-4-6-8-15/h14-15H,2-13H2,1H3,(H,17,19). The fourth-order valence-electron chi connectivity index (χ4n) is 3.53. The molecule has 128 valence electrons. The monoisotopic (exact) mass is 330 g/mol. The van der Waals surface area contributed by atoms with Gasteiger partial charge in [0, 0.05) is 25.0 Å². The summed E-state index contributed by atoms with van der Waals surface area (Å²) in [6.45, 7) is 2.86. The molecular weight excluding hydrogens is 300 g/mol. The van der Waals surface area contributed by atoms with Crippen LogP contribution in [0.3, 0.4) is 0 Å². The van der Waals surface area contributed by atoms with Gasteiger partial charge in [0.1, 0.15) is 0 Å². The van der Waals surface area contributed by atoms with Crippen LogP contribution in [0, 0.1) is 5.92 Å². The Morgan fingerprint density at radius 3 is 2.18 bits per heavy atom. The molecule has 0 aromatic rings. The van der Waals surface area contributed by atoms with Gasteiger partial charge in [0.25, 0.3) is 0 Å². The van der Waals surface area contributed by atoms with Gasteiger partial charge in [-0.3, -0.25) is 4.79 Å². The number of piperidine rings is 1. The highest BCUT2D eigenvalue weighted by Gasteiger charge is 2.31. The summed E-state index contributed by atoms with van der Waals surface area (Å²) >= 11 is 0. The van der Waals surface area contributed by atoms with Crippen LogP contribution >= 0.6 is 0 Å². The van der Waals surface area contributed by atoms with Crippen molar-refractivity contribution in [3.8, 4) is 0 Å². The number of hydrogen-bond donors (Lipinski definition) is 1. The van der Waals surface area contributed by atoms with Crippen LogP contribution < -0.4 is 5.32 Å². The number of nitrogens with zero attached hydrogens (tertiary/aromatic N) is 1. The van der Waals surface area contributed by atoms with Crippen LogP contribution in [-0.2, 0) is 14.8 Å². The molecule has 1 saturated heterocycles. The topological polar surface area (TPSA) is 66.5 Å². The van der Waals surface area contributed by atoms with E-state index in [4.69, 9.17) is 0 Å². The number of amides is 1. The number of sulfonamides is 1. The van der Waals surface area contributed by atoms with Gasteiger partial charge in [-0.2, -0.15) is 0 Å². The van der Waals surface area contributed by atoms with Crippen LogP contribution in [0.1, 0.15) is 64.7 Å². The Balaban J connectivity index is 1.79. The van der Waals surface area contributed by atoms with Gasteiger partial charge in [0.05, 0.1) is 5.75 Å². The van der Waals surface area contributed by atoms with Crippen molar-refractivity contribution in [1.29, 1.82) is 0 Å². The second kappa shape index (κ2) is 8.29. The molecule has 6 heteroatoms. The molecule has 0 spiro atoms. The van der Waals surface area contributed by atoms with E-state index < -0.39 is 10.0 Å². The van der Waals surface area contributed by atoms with Crippen molar-refractivity contribution in [3.63, 3.8) is 0 Å². The predicted molar refractivity (Wildman–Crippen MR) is 88.0 cm³/mol. The minimum absolute atomic E-state index is 0.0173. The largest absolute Gasteiger partial charge is 0.353 e. The minimum Gasteiger partial charge on any atom is -0.353 e. The predicted octanol–water partition coefficient (Wildman–Crippen LogP) is 2.28. The summed E-state index contributed by atoms with van der Waals surface area (Å²) in [5, 5.41) is 3.20. The second-order valence-corrected chi connectivity index (χ2v) is 8.77. The molecule has 0 atom stereocenters. The van der Waals surface area contributed by atoms with E-state index in [1.807, 2.05) is 6.92 Å². The van der Waals surface area contributed by atoms with E-state index in [0.717, 1.165) is 12.8 Å². The van der Waals surface area contributed by atoms with Crippen LogP contribution in [0.2, 0.25) is 0 Å². The Hall–Kier alpha value is -0.620. The van der Waals surface area contributed by atoms with E-state index in [-0.39, 0.29) is 17.6 Å². The van der Waals surface area contributed by atoms with Gasteiger partial charge in [0.2, 0.25) is 15.9 Å². The summed E-state index contributed by atoms with van der Waals surface area (Å²) in [7, 11) is -3.11. The SMILES string of the molecule is CCCS(=O)(=O)N1CCC(C(=O)NC2CCCCCC2)CC1. The molecule has 0 aromatic carbocycles. The molecule has 22 heavy (non-hydrogen) atoms. The Bertz CT molecular complexity index is 448. The van der Waals surface area contributed by atoms with Gasteiger partial charge >= 0.3 is 0 Å². The molecular formula is C16H30N2O3S. The van der Waals surface area contributed by atoms with E-state index in [1.54, 1.807) is 4.31 Å². The van der Waals surface area contributed by atoms with Crippen LogP contribution in [0.25, 0.3) is 0 Å². The first-order chi connectivity index (χ1) is 10.5. The molecule has 1 N–H and O–H groups in total. The minimum atomic E-state index is -3.11. The summed E-state index contributed by atoms with van der Waals surface area (Å²) in [5.41, 5.74) is 0. The Morgan fingerprint density at radius 1 is 1.05 bits per heavy atom. The average Bonchev–Trinajstić information content (AvgIpc) is 2.76. The van der Waals surface area contributed by atoms with E-state index in [2.05, 4.69) is 5.32 Å². The summed E-state index contributed by atoms with van der Waals surface area (Å²) < 4.78 is 25.6. The van der Waals surface area contributed by atoms with E-state index in [1.165, 1.54) is 25.7 Å². The van der Waals surface area contributed by atoms with Crippen molar-refractivity contribution in [2.75, 3.05) is 18.8 Å². The first kappa shape index (κ1) is 17.7. The number of carbonyl (C=O) groups is 1. The van der Waals surface area contributed by atoms with E-state index in [0.29, 0.717) is 38.4 Å². The molecule has 2 rings (SSSR count). The van der Waals surface area contributed by atoms with Crippen LogP contribution in [0.4, 0.5) is 0 Å². The van der Waals surface area contributed by atoms with Crippen molar-refractivity contribution < 1.29 is 13.2 Å². The summed E-state index contributed by atoms with van der Waals surface area (Å²) in [6, 6.07) is 0.330. The third-order valence-electron chi connectivity index (χ3n) is 4.88. The maximum absolute atomic E-state index is 12.4. The molecule has 1 saturated carbocycles. The smallest absolute Gasteiger partial charge is 0.223 e. The first-order valence-corrected chi connectivity index (χ1v) is 10.4. The zero-order chi connectivity index (χ0) is 16.0. The quantitative estimate of drug-likeness (QED) is 0.787. The van der Waals surface area contributed by atoms with E-state index >= 15 is 0 Å². The molecule has 2 aliphatic rings. The zero-order valence-electron chi connectivity index (χ0n) is 13.7. The molecule has 0 unspecified atom stereocenters. The fraction of sp³-hybridized carbons (Fsp3) is 0.938. The third kappa shape index (κ3) is 4.95. The molecule has 0 radical (unpaired) electrons. The first-order valence-electron chi connectivity index (χ1n) is 8.81. The van der Waals surface area contributed by atoms with Crippen molar-refractivity contribution >= 4 is 15.9 Å². The molecule has 0 aromatic heterocycles. The van der Waals surface area contributed by atoms with Crippen LogP contribution in [0.15, 0.2) is 0 Å². The Morgan fingerprint density at radius 2 is 1.64 bits per heavy atom. The van der Waals surface area contributed by atoms with Crippen molar-refractivity contribution in [1.82, 2.24) is 9.62 Å². The lowest BCUT2D eigenvalue weighted by molar-refractivity contribution is -0.126. The van der Waals surface area contributed by atoms with Gasteiger partial charge < -0.3 is 5.32 Å². The molecule has 1 aliphatic heterocycles. The summed E-state index contributed by atoms with van der Waals surface area (Å²) in [6.07, 6.45) is 9.11. The highest BCUT2D eigenvalue weighted by molar-refractivity contribution is 7.89. The second-order valence-electron chi connectivity index (χ2n) is 6.69. The highest BCUT2D eigenvalue weighted by Crippen LogP contribution is 2.22.